The molecule has 0 N–H and O–H groups in total. The average Bonchev–Trinajstić information content (AvgIpc) is 3.48. The fraction of sp³-hybridized carbons (Fsp3) is 0.333. The molecular formula is C36H40N2O2S. The van der Waals surface area contributed by atoms with Crippen LogP contribution in [0.5, 0.6) is 0 Å². The highest BCUT2D eigenvalue weighted by atomic mass is 32.1. The Hall–Kier alpha value is -3.70. The molecule has 4 aromatic rings. The molecule has 0 bridgehead atoms. The second-order valence-electron chi connectivity index (χ2n) is 12.0. The lowest BCUT2D eigenvalue weighted by Gasteiger charge is -2.38. The third-order valence-electron chi connectivity index (χ3n) is 8.31. The molecule has 0 spiro atoms. The van der Waals surface area contributed by atoms with Gasteiger partial charge in [-0.1, -0.05) is 94.4 Å². The molecule has 0 aliphatic carbocycles. The normalized spacial score (nSPS) is 15.7. The molecule has 0 unspecified atom stereocenters. The van der Waals surface area contributed by atoms with Crippen LogP contribution >= 0.6 is 11.3 Å². The van der Waals surface area contributed by atoms with Crippen LogP contribution in [-0.2, 0) is 16.6 Å². The third kappa shape index (κ3) is 6.15. The van der Waals surface area contributed by atoms with E-state index in [0.29, 0.717) is 12.1 Å². The van der Waals surface area contributed by atoms with Gasteiger partial charge >= 0.3 is 0 Å². The van der Waals surface area contributed by atoms with Crippen molar-refractivity contribution >= 4 is 23.2 Å². The van der Waals surface area contributed by atoms with Crippen molar-refractivity contribution in [2.75, 3.05) is 13.1 Å². The molecule has 2 amide bonds. The number of amides is 2. The van der Waals surface area contributed by atoms with Crippen molar-refractivity contribution in [2.45, 2.75) is 65.0 Å². The standard InChI is InChI=1S/C36H40N2O2S/c1-6-25(2)38(35(40)29-14-12-27(13-15-29)26-10-8-7-9-11-26)24-33(39)37-22-20-32-31(21-23-41-32)34(37)28-16-18-30(19-17-28)36(3,4)5/h7-19,21,23,25,34H,6,20,22,24H2,1-5H3/t25-,34+/m0/s1. The van der Waals surface area contributed by atoms with Crippen LogP contribution in [0.4, 0.5) is 0 Å². The number of hydrogen-bond acceptors (Lipinski definition) is 3. The Balaban J connectivity index is 1.40. The zero-order valence-electron chi connectivity index (χ0n) is 24.8. The van der Waals surface area contributed by atoms with E-state index in [0.717, 1.165) is 29.5 Å². The molecule has 0 fully saturated rings. The maximum atomic E-state index is 14.1. The molecule has 212 valence electrons. The number of benzene rings is 3. The van der Waals surface area contributed by atoms with Gasteiger partial charge in [0.05, 0.1) is 6.04 Å². The van der Waals surface area contributed by atoms with Gasteiger partial charge in [0.25, 0.3) is 5.91 Å². The molecule has 5 rings (SSSR count). The summed E-state index contributed by atoms with van der Waals surface area (Å²) in [5.41, 5.74) is 6.43. The van der Waals surface area contributed by atoms with Crippen molar-refractivity contribution < 1.29 is 9.59 Å². The first-order chi connectivity index (χ1) is 19.7. The van der Waals surface area contributed by atoms with Gasteiger partial charge < -0.3 is 9.80 Å². The van der Waals surface area contributed by atoms with Gasteiger partial charge in [-0.3, -0.25) is 9.59 Å². The predicted octanol–water partition coefficient (Wildman–Crippen LogP) is 8.13. The summed E-state index contributed by atoms with van der Waals surface area (Å²) in [5, 5.41) is 2.13. The first kappa shape index (κ1) is 28.8. The number of nitrogens with zero attached hydrogens (tertiary/aromatic N) is 2. The lowest BCUT2D eigenvalue weighted by atomic mass is 9.85. The van der Waals surface area contributed by atoms with E-state index >= 15 is 0 Å². The Bertz CT molecular complexity index is 1480. The SMILES string of the molecule is CC[C@H](C)N(CC(=O)N1CCc2sccc2[C@H]1c1ccc(C(C)(C)C)cc1)C(=O)c1ccc(-c2ccccc2)cc1. The lowest BCUT2D eigenvalue weighted by Crippen LogP contribution is -2.49. The van der Waals surface area contributed by atoms with Crippen LogP contribution in [0, 0.1) is 0 Å². The highest BCUT2D eigenvalue weighted by molar-refractivity contribution is 7.10. The largest absolute Gasteiger partial charge is 0.330 e. The first-order valence-electron chi connectivity index (χ1n) is 14.6. The molecule has 1 aromatic heterocycles. The Morgan fingerprint density at radius 2 is 1.59 bits per heavy atom. The highest BCUT2D eigenvalue weighted by Crippen LogP contribution is 2.38. The summed E-state index contributed by atoms with van der Waals surface area (Å²) in [6.07, 6.45) is 1.61. The number of fused-ring (bicyclic) bond motifs is 1. The third-order valence-corrected chi connectivity index (χ3v) is 9.30. The van der Waals surface area contributed by atoms with E-state index in [2.05, 4.69) is 75.5 Å². The van der Waals surface area contributed by atoms with Crippen LogP contribution in [0.1, 0.15) is 79.0 Å². The van der Waals surface area contributed by atoms with Crippen molar-refractivity contribution in [3.05, 3.63) is 117 Å². The fourth-order valence-electron chi connectivity index (χ4n) is 5.60. The van der Waals surface area contributed by atoms with Crippen LogP contribution < -0.4 is 0 Å². The quantitative estimate of drug-likeness (QED) is 0.227. The average molecular weight is 565 g/mol. The van der Waals surface area contributed by atoms with Crippen LogP contribution in [0.3, 0.4) is 0 Å². The molecule has 5 heteroatoms. The summed E-state index contributed by atoms with van der Waals surface area (Å²) in [6.45, 7) is 11.4. The minimum Gasteiger partial charge on any atom is -0.330 e. The summed E-state index contributed by atoms with van der Waals surface area (Å²) in [7, 11) is 0. The summed E-state index contributed by atoms with van der Waals surface area (Å²) < 4.78 is 0. The van der Waals surface area contributed by atoms with Gasteiger partial charge in [0, 0.05) is 23.0 Å². The fourth-order valence-corrected chi connectivity index (χ4v) is 6.50. The number of rotatable bonds is 7. The van der Waals surface area contributed by atoms with Crippen molar-refractivity contribution in [3.63, 3.8) is 0 Å². The van der Waals surface area contributed by atoms with Crippen molar-refractivity contribution in [2.24, 2.45) is 0 Å². The van der Waals surface area contributed by atoms with Crippen LogP contribution in [0.2, 0.25) is 0 Å². The van der Waals surface area contributed by atoms with E-state index in [1.165, 1.54) is 16.0 Å². The second kappa shape index (κ2) is 12.0. The number of carbonyl (C=O) groups is 2. The van der Waals surface area contributed by atoms with E-state index in [1.54, 1.807) is 16.2 Å². The molecule has 2 atom stereocenters. The molecule has 0 radical (unpaired) electrons. The molecular weight excluding hydrogens is 524 g/mol. The molecule has 41 heavy (non-hydrogen) atoms. The second-order valence-corrected chi connectivity index (χ2v) is 13.0. The number of hydrogen-bond donors (Lipinski definition) is 0. The van der Waals surface area contributed by atoms with Gasteiger partial charge in [-0.25, -0.2) is 0 Å². The maximum absolute atomic E-state index is 14.1. The van der Waals surface area contributed by atoms with E-state index in [4.69, 9.17) is 0 Å². The van der Waals surface area contributed by atoms with Gasteiger partial charge in [-0.2, -0.15) is 0 Å². The summed E-state index contributed by atoms with van der Waals surface area (Å²) in [5.74, 6) is -0.118. The summed E-state index contributed by atoms with van der Waals surface area (Å²) >= 11 is 1.77. The van der Waals surface area contributed by atoms with Crippen molar-refractivity contribution in [3.8, 4) is 11.1 Å². The Morgan fingerprint density at radius 3 is 2.22 bits per heavy atom. The molecule has 4 nitrogen and oxygen atoms in total. The van der Waals surface area contributed by atoms with Gasteiger partial charge in [-0.15, -0.1) is 11.3 Å². The zero-order valence-corrected chi connectivity index (χ0v) is 25.6. The van der Waals surface area contributed by atoms with Crippen LogP contribution in [0.15, 0.2) is 90.3 Å². The first-order valence-corrected chi connectivity index (χ1v) is 15.5. The van der Waals surface area contributed by atoms with Gasteiger partial charge in [0.15, 0.2) is 0 Å². The predicted molar refractivity (Wildman–Crippen MR) is 169 cm³/mol. The molecule has 1 aliphatic heterocycles. The summed E-state index contributed by atoms with van der Waals surface area (Å²) in [6, 6.07) is 28.5. The topological polar surface area (TPSA) is 40.6 Å². The van der Waals surface area contributed by atoms with Crippen LogP contribution in [-0.4, -0.2) is 40.7 Å². The van der Waals surface area contributed by atoms with Crippen LogP contribution in [0.25, 0.3) is 11.1 Å². The number of carbonyl (C=O) groups excluding carboxylic acids is 2. The minimum atomic E-state index is -0.148. The molecule has 3 aromatic carbocycles. The monoisotopic (exact) mass is 564 g/mol. The Kier molecular flexibility index (Phi) is 8.46. The van der Waals surface area contributed by atoms with Gasteiger partial charge in [-0.05, 0) is 76.6 Å². The molecule has 0 saturated heterocycles. The highest BCUT2D eigenvalue weighted by Gasteiger charge is 2.35. The molecule has 2 heterocycles. The zero-order chi connectivity index (χ0) is 29.1. The summed E-state index contributed by atoms with van der Waals surface area (Å²) in [4.78, 5) is 33.0. The maximum Gasteiger partial charge on any atom is 0.254 e. The van der Waals surface area contributed by atoms with E-state index in [1.807, 2.05) is 54.3 Å². The van der Waals surface area contributed by atoms with Crippen molar-refractivity contribution in [1.29, 1.82) is 0 Å². The smallest absolute Gasteiger partial charge is 0.254 e. The molecule has 0 saturated carbocycles. The Morgan fingerprint density at radius 1 is 0.927 bits per heavy atom. The van der Waals surface area contributed by atoms with E-state index < -0.39 is 0 Å². The van der Waals surface area contributed by atoms with Crippen molar-refractivity contribution in [1.82, 2.24) is 9.80 Å². The lowest BCUT2D eigenvalue weighted by molar-refractivity contribution is -0.134. The number of thiophene rings is 1. The van der Waals surface area contributed by atoms with E-state index in [9.17, 15) is 9.59 Å². The van der Waals surface area contributed by atoms with E-state index in [-0.39, 0.29) is 35.9 Å². The van der Waals surface area contributed by atoms with Gasteiger partial charge in [0.1, 0.15) is 6.54 Å². The molecule has 1 aliphatic rings. The van der Waals surface area contributed by atoms with Gasteiger partial charge in [0.2, 0.25) is 5.91 Å². The minimum absolute atomic E-state index is 0.0127. The Labute approximate surface area is 248 Å².